The van der Waals surface area contributed by atoms with Crippen LogP contribution in [0.2, 0.25) is 0 Å². The van der Waals surface area contributed by atoms with Crippen LogP contribution in [0.3, 0.4) is 0 Å². The quantitative estimate of drug-likeness (QED) is 0.773. The van der Waals surface area contributed by atoms with Gasteiger partial charge in [-0.1, -0.05) is 26.0 Å². The van der Waals surface area contributed by atoms with Gasteiger partial charge in [0.1, 0.15) is 16.6 Å². The predicted octanol–water partition coefficient (Wildman–Crippen LogP) is 2.88. The van der Waals surface area contributed by atoms with E-state index in [0.717, 1.165) is 12.8 Å². The van der Waals surface area contributed by atoms with Crippen molar-refractivity contribution in [3.8, 4) is 0 Å². The molecule has 28 heavy (non-hydrogen) atoms. The largest absolute Gasteiger partial charge is 0.354 e. The molecule has 6 nitrogen and oxygen atoms in total. The van der Waals surface area contributed by atoms with Gasteiger partial charge in [-0.25, -0.2) is 4.39 Å². The van der Waals surface area contributed by atoms with Crippen LogP contribution in [0.1, 0.15) is 39.2 Å². The summed E-state index contributed by atoms with van der Waals surface area (Å²) in [6.07, 6.45) is 1.55. The Hall–Kier alpha value is -2.22. The molecular formula is C20H26FN3O3S. The minimum absolute atomic E-state index is 0.0116. The van der Waals surface area contributed by atoms with E-state index in [-0.39, 0.29) is 16.7 Å². The molecule has 0 N–H and O–H groups in total. The van der Waals surface area contributed by atoms with Crippen molar-refractivity contribution < 1.29 is 17.6 Å². The lowest BCUT2D eigenvalue weighted by Crippen LogP contribution is -2.39. The summed E-state index contributed by atoms with van der Waals surface area (Å²) >= 11 is 0. The first kappa shape index (κ1) is 20.5. The number of sulfonamides is 1. The van der Waals surface area contributed by atoms with Gasteiger partial charge < -0.3 is 9.80 Å². The molecule has 0 unspecified atom stereocenters. The lowest BCUT2D eigenvalue weighted by atomic mass is 10.1. The summed E-state index contributed by atoms with van der Waals surface area (Å²) in [6.45, 7) is 8.03. The maximum Gasteiger partial charge on any atom is 0.285 e. The number of hydrogen-bond acceptors (Lipinski definition) is 4. The fourth-order valence-electron chi connectivity index (χ4n) is 3.62. The second-order valence-corrected chi connectivity index (χ2v) is 8.87. The number of halogens is 1. The highest BCUT2D eigenvalue weighted by molar-refractivity contribution is 8.00. The van der Waals surface area contributed by atoms with Crippen molar-refractivity contribution in [1.82, 2.24) is 9.80 Å². The normalized spacial score (nSPS) is 20.8. The Bertz CT molecular complexity index is 923. The molecule has 1 aromatic rings. The summed E-state index contributed by atoms with van der Waals surface area (Å²) in [6, 6.07) is 5.40. The third-order valence-electron chi connectivity index (χ3n) is 5.39. The van der Waals surface area contributed by atoms with Gasteiger partial charge >= 0.3 is 0 Å². The zero-order chi connectivity index (χ0) is 20.5. The molecular weight excluding hydrogens is 381 g/mol. The highest BCUT2D eigenvalue weighted by Gasteiger charge is 2.34. The van der Waals surface area contributed by atoms with Crippen LogP contribution < -0.4 is 0 Å². The number of nitrogens with zero attached hydrogens (tertiary/aromatic N) is 3. The van der Waals surface area contributed by atoms with Gasteiger partial charge in [0, 0.05) is 37.7 Å². The maximum absolute atomic E-state index is 13.2. The second kappa shape index (κ2) is 8.03. The minimum atomic E-state index is -3.84. The molecule has 0 saturated carbocycles. The first-order valence-corrected chi connectivity index (χ1v) is 11.0. The number of hydrogen-bond donors (Lipinski definition) is 0. The molecule has 1 amide bonds. The summed E-state index contributed by atoms with van der Waals surface area (Å²) in [5, 5.41) is 0. The minimum Gasteiger partial charge on any atom is -0.354 e. The van der Waals surface area contributed by atoms with Gasteiger partial charge in [-0.3, -0.25) is 4.79 Å². The van der Waals surface area contributed by atoms with Gasteiger partial charge in [0.15, 0.2) is 0 Å². The molecule has 0 bridgehead atoms. The second-order valence-electron chi connectivity index (χ2n) is 7.33. The monoisotopic (exact) mass is 407 g/mol. The van der Waals surface area contributed by atoms with Crippen LogP contribution in [0.5, 0.6) is 0 Å². The van der Waals surface area contributed by atoms with Crippen molar-refractivity contribution in [2.75, 3.05) is 26.2 Å². The average Bonchev–Trinajstić information content (AvgIpc) is 2.83. The fraction of sp³-hybridized carbons (Fsp3) is 0.500. The highest BCUT2D eigenvalue weighted by Crippen LogP contribution is 2.33. The Balaban J connectivity index is 1.84. The molecule has 0 radical (unpaired) electrons. The van der Waals surface area contributed by atoms with E-state index in [1.54, 1.807) is 6.92 Å². The summed E-state index contributed by atoms with van der Waals surface area (Å²) in [7, 11) is -3.84. The Morgan fingerprint density at radius 1 is 1.18 bits per heavy atom. The standard InChI is InChI=1S/C20H26FN3O3S/c1-4-14(2)20(25)24-11-5-10-23(12-13-24)19-15(3)18(28(26,27)22-19)16-6-8-17(21)9-7-16/h6-9,14H,4-5,10-13H2,1-3H3/t14-/m0/s1. The van der Waals surface area contributed by atoms with E-state index in [1.807, 2.05) is 23.6 Å². The molecule has 2 heterocycles. The van der Waals surface area contributed by atoms with E-state index in [0.29, 0.717) is 43.2 Å². The van der Waals surface area contributed by atoms with Crippen LogP contribution in [0, 0.1) is 11.7 Å². The lowest BCUT2D eigenvalue weighted by Gasteiger charge is -2.25. The molecule has 2 aliphatic rings. The van der Waals surface area contributed by atoms with Crippen LogP contribution in [-0.4, -0.2) is 56.1 Å². The number of carbonyl (C=O) groups is 1. The molecule has 0 spiro atoms. The van der Waals surface area contributed by atoms with Crippen molar-refractivity contribution >= 4 is 26.7 Å². The Morgan fingerprint density at radius 3 is 2.50 bits per heavy atom. The third-order valence-corrected chi connectivity index (χ3v) is 6.86. The topological polar surface area (TPSA) is 70.1 Å². The third kappa shape index (κ3) is 3.97. The van der Waals surface area contributed by atoms with Crippen LogP contribution in [0.4, 0.5) is 4.39 Å². The molecule has 1 fully saturated rings. The Labute approximate surface area is 165 Å². The molecule has 3 rings (SSSR count). The van der Waals surface area contributed by atoms with Crippen molar-refractivity contribution in [2.45, 2.75) is 33.6 Å². The van der Waals surface area contributed by atoms with E-state index in [9.17, 15) is 17.6 Å². The zero-order valence-corrected chi connectivity index (χ0v) is 17.3. The SMILES string of the molecule is CC[C@H](C)C(=O)N1CCCN(C2=NS(=O)(=O)C(c3ccc(F)cc3)=C2C)CC1. The molecule has 1 aromatic carbocycles. The molecule has 152 valence electrons. The van der Waals surface area contributed by atoms with Crippen LogP contribution in [0.25, 0.3) is 4.91 Å². The number of carbonyl (C=O) groups excluding carboxylic acids is 1. The fourth-order valence-corrected chi connectivity index (χ4v) is 5.10. The summed E-state index contributed by atoms with van der Waals surface area (Å²) < 4.78 is 42.6. The van der Waals surface area contributed by atoms with Crippen LogP contribution in [0.15, 0.2) is 34.2 Å². The van der Waals surface area contributed by atoms with Crippen LogP contribution >= 0.6 is 0 Å². The van der Waals surface area contributed by atoms with Crippen molar-refractivity contribution in [3.63, 3.8) is 0 Å². The number of amides is 1. The maximum atomic E-state index is 13.2. The van der Waals surface area contributed by atoms with E-state index >= 15 is 0 Å². The molecule has 1 saturated heterocycles. The smallest absolute Gasteiger partial charge is 0.285 e. The number of benzene rings is 1. The van der Waals surface area contributed by atoms with Gasteiger partial charge in [-0.15, -0.1) is 4.40 Å². The van der Waals surface area contributed by atoms with Crippen LogP contribution in [-0.2, 0) is 14.8 Å². The summed E-state index contributed by atoms with van der Waals surface area (Å²) in [5.41, 5.74) is 0.995. The van der Waals surface area contributed by atoms with Gasteiger partial charge in [-0.2, -0.15) is 8.42 Å². The van der Waals surface area contributed by atoms with Gasteiger partial charge in [-0.05, 0) is 37.5 Å². The van der Waals surface area contributed by atoms with Gasteiger partial charge in [0.25, 0.3) is 10.0 Å². The van der Waals surface area contributed by atoms with Crippen molar-refractivity contribution in [2.24, 2.45) is 10.3 Å². The first-order chi connectivity index (χ1) is 13.2. The first-order valence-electron chi connectivity index (χ1n) is 9.60. The van der Waals surface area contributed by atoms with Crippen molar-refractivity contribution in [1.29, 1.82) is 0 Å². The summed E-state index contributed by atoms with van der Waals surface area (Å²) in [5.74, 6) is 0.140. The van der Waals surface area contributed by atoms with E-state index in [1.165, 1.54) is 24.3 Å². The average molecular weight is 408 g/mol. The molecule has 2 aliphatic heterocycles. The molecule has 0 aliphatic carbocycles. The predicted molar refractivity (Wildman–Crippen MR) is 108 cm³/mol. The number of amidine groups is 1. The van der Waals surface area contributed by atoms with E-state index in [4.69, 9.17) is 0 Å². The van der Waals surface area contributed by atoms with Crippen molar-refractivity contribution in [3.05, 3.63) is 41.2 Å². The van der Waals surface area contributed by atoms with E-state index < -0.39 is 15.8 Å². The molecule has 0 aromatic heterocycles. The Morgan fingerprint density at radius 2 is 1.86 bits per heavy atom. The summed E-state index contributed by atoms with van der Waals surface area (Å²) in [4.78, 5) is 16.4. The molecule has 1 atom stereocenters. The molecule has 8 heteroatoms. The number of rotatable bonds is 3. The Kier molecular flexibility index (Phi) is 5.88. The zero-order valence-electron chi connectivity index (χ0n) is 16.5. The highest BCUT2D eigenvalue weighted by atomic mass is 32.2. The van der Waals surface area contributed by atoms with E-state index in [2.05, 4.69) is 4.40 Å². The van der Waals surface area contributed by atoms with Gasteiger partial charge in [0.05, 0.1) is 0 Å². The van der Waals surface area contributed by atoms with Gasteiger partial charge in [0.2, 0.25) is 5.91 Å². The lowest BCUT2D eigenvalue weighted by molar-refractivity contribution is -0.134.